The largest absolute Gasteiger partial charge is 0.456 e. The van der Waals surface area contributed by atoms with Gasteiger partial charge in [0.05, 0.1) is 15.5 Å². The summed E-state index contributed by atoms with van der Waals surface area (Å²) >= 11 is 5.78. The molecule has 0 aliphatic heterocycles. The second-order valence-corrected chi connectivity index (χ2v) is 4.98. The fourth-order valence-corrected chi connectivity index (χ4v) is 2.05. The van der Waals surface area contributed by atoms with Gasteiger partial charge in [-0.05, 0) is 24.3 Å². The molecule has 0 fully saturated rings. The number of carbonyl (C=O) groups is 1. The van der Waals surface area contributed by atoms with Crippen LogP contribution in [0, 0.1) is 10.1 Å². The van der Waals surface area contributed by atoms with Gasteiger partial charge < -0.3 is 4.74 Å². The number of halogens is 4. The highest BCUT2D eigenvalue weighted by molar-refractivity contribution is 6.32. The SMILES string of the molecule is O=CNNc1cc(Oc2ccc(C(F)(F)F)cc2Cl)ccc1[N+](=O)[O-]. The lowest BCUT2D eigenvalue weighted by Crippen LogP contribution is -2.19. The number of ether oxygens (including phenoxy) is 1. The Morgan fingerprint density at radius 2 is 1.92 bits per heavy atom. The maximum atomic E-state index is 12.6. The molecule has 0 aromatic heterocycles. The van der Waals surface area contributed by atoms with Gasteiger partial charge in [-0.25, -0.2) is 0 Å². The molecular formula is C14H9ClF3N3O4. The lowest BCUT2D eigenvalue weighted by molar-refractivity contribution is -0.384. The van der Waals surface area contributed by atoms with E-state index in [0.717, 1.165) is 18.2 Å². The van der Waals surface area contributed by atoms with E-state index in [2.05, 4.69) is 5.43 Å². The normalized spacial score (nSPS) is 10.9. The van der Waals surface area contributed by atoms with E-state index >= 15 is 0 Å². The molecular weight excluding hydrogens is 367 g/mol. The Kier molecular flexibility index (Phi) is 5.32. The van der Waals surface area contributed by atoms with Crippen molar-refractivity contribution in [3.63, 3.8) is 0 Å². The number of amides is 1. The van der Waals surface area contributed by atoms with Crippen LogP contribution in [0.25, 0.3) is 0 Å². The fourth-order valence-electron chi connectivity index (χ4n) is 1.83. The topological polar surface area (TPSA) is 93.5 Å². The van der Waals surface area contributed by atoms with E-state index in [1.54, 1.807) is 0 Å². The van der Waals surface area contributed by atoms with Gasteiger partial charge >= 0.3 is 6.18 Å². The van der Waals surface area contributed by atoms with Crippen LogP contribution in [0.4, 0.5) is 24.5 Å². The van der Waals surface area contributed by atoms with Crippen molar-refractivity contribution in [1.82, 2.24) is 5.43 Å². The first kappa shape index (κ1) is 18.3. The molecule has 0 atom stereocenters. The number of alkyl halides is 3. The molecule has 2 rings (SSSR count). The third kappa shape index (κ3) is 4.51. The van der Waals surface area contributed by atoms with Gasteiger partial charge in [-0.3, -0.25) is 25.8 Å². The van der Waals surface area contributed by atoms with E-state index < -0.39 is 16.7 Å². The number of carbonyl (C=O) groups excluding carboxylic acids is 1. The van der Waals surface area contributed by atoms with Crippen LogP contribution in [0.3, 0.4) is 0 Å². The van der Waals surface area contributed by atoms with Crippen LogP contribution >= 0.6 is 11.6 Å². The Bertz CT molecular complexity index is 814. The van der Waals surface area contributed by atoms with Gasteiger partial charge in [0.15, 0.2) is 0 Å². The average Bonchev–Trinajstić information content (AvgIpc) is 2.53. The Morgan fingerprint density at radius 1 is 1.20 bits per heavy atom. The summed E-state index contributed by atoms with van der Waals surface area (Å²) in [5.41, 5.74) is 2.97. The Balaban J connectivity index is 2.31. The minimum Gasteiger partial charge on any atom is -0.456 e. The zero-order valence-corrected chi connectivity index (χ0v) is 12.9. The van der Waals surface area contributed by atoms with Gasteiger partial charge in [0.1, 0.15) is 17.2 Å². The molecule has 0 aliphatic rings. The quantitative estimate of drug-likeness (QED) is 0.450. The molecule has 132 valence electrons. The summed E-state index contributed by atoms with van der Waals surface area (Å²) in [6.45, 7) is 0. The van der Waals surface area contributed by atoms with Crippen molar-refractivity contribution in [2.75, 3.05) is 5.43 Å². The van der Waals surface area contributed by atoms with Crippen molar-refractivity contribution in [3.8, 4) is 11.5 Å². The number of hydrazine groups is 1. The maximum absolute atomic E-state index is 12.6. The van der Waals surface area contributed by atoms with E-state index in [9.17, 15) is 28.1 Å². The van der Waals surface area contributed by atoms with Crippen LogP contribution in [-0.2, 0) is 11.0 Å². The van der Waals surface area contributed by atoms with Gasteiger partial charge in [-0.2, -0.15) is 13.2 Å². The molecule has 7 nitrogen and oxygen atoms in total. The third-order valence-corrected chi connectivity index (χ3v) is 3.21. The Hall–Kier alpha value is -3.01. The van der Waals surface area contributed by atoms with Gasteiger partial charge in [-0.1, -0.05) is 11.6 Å². The van der Waals surface area contributed by atoms with Crippen molar-refractivity contribution in [2.24, 2.45) is 0 Å². The molecule has 0 heterocycles. The molecule has 2 N–H and O–H groups in total. The first-order valence-corrected chi connectivity index (χ1v) is 6.88. The van der Waals surface area contributed by atoms with E-state index in [1.807, 2.05) is 5.43 Å². The van der Waals surface area contributed by atoms with E-state index in [1.165, 1.54) is 12.1 Å². The summed E-state index contributed by atoms with van der Waals surface area (Å²) in [6, 6.07) is 6.04. The van der Waals surface area contributed by atoms with Crippen LogP contribution in [-0.4, -0.2) is 11.3 Å². The van der Waals surface area contributed by atoms with Gasteiger partial charge in [0.2, 0.25) is 6.41 Å². The van der Waals surface area contributed by atoms with E-state index in [-0.39, 0.29) is 34.3 Å². The minimum absolute atomic E-state index is 0.0578. The zero-order chi connectivity index (χ0) is 18.6. The first-order chi connectivity index (χ1) is 11.7. The maximum Gasteiger partial charge on any atom is 0.416 e. The van der Waals surface area contributed by atoms with Crippen LogP contribution in [0.1, 0.15) is 5.56 Å². The summed E-state index contributed by atoms with van der Waals surface area (Å²) in [6.07, 6.45) is -4.28. The Labute approximate surface area is 143 Å². The predicted octanol–water partition coefficient (Wildman–Crippen LogP) is 4.13. The second kappa shape index (κ2) is 7.26. The first-order valence-electron chi connectivity index (χ1n) is 6.50. The summed E-state index contributed by atoms with van der Waals surface area (Å²) < 4.78 is 43.2. The van der Waals surface area contributed by atoms with Crippen molar-refractivity contribution < 1.29 is 27.6 Å². The lowest BCUT2D eigenvalue weighted by Gasteiger charge is -2.12. The molecule has 0 bridgehead atoms. The monoisotopic (exact) mass is 375 g/mol. The third-order valence-electron chi connectivity index (χ3n) is 2.92. The number of rotatable bonds is 6. The number of anilines is 1. The van der Waals surface area contributed by atoms with Crippen molar-refractivity contribution in [3.05, 3.63) is 57.1 Å². The number of nitrogens with one attached hydrogen (secondary N) is 2. The fraction of sp³-hybridized carbons (Fsp3) is 0.0714. The number of nitro benzene ring substituents is 1. The molecule has 0 saturated carbocycles. The molecule has 1 amide bonds. The molecule has 11 heteroatoms. The van der Waals surface area contributed by atoms with E-state index in [4.69, 9.17) is 16.3 Å². The minimum atomic E-state index is -4.55. The smallest absolute Gasteiger partial charge is 0.416 e. The van der Waals surface area contributed by atoms with Gasteiger partial charge in [0, 0.05) is 12.1 Å². The van der Waals surface area contributed by atoms with Crippen LogP contribution in [0.2, 0.25) is 5.02 Å². The molecule has 0 spiro atoms. The molecule has 0 aliphatic carbocycles. The van der Waals surface area contributed by atoms with Gasteiger partial charge in [0.25, 0.3) is 5.69 Å². The van der Waals surface area contributed by atoms with Crippen molar-refractivity contribution in [2.45, 2.75) is 6.18 Å². The highest BCUT2D eigenvalue weighted by Crippen LogP contribution is 2.37. The summed E-state index contributed by atoms with van der Waals surface area (Å²) in [7, 11) is 0. The highest BCUT2D eigenvalue weighted by atomic mass is 35.5. The number of benzene rings is 2. The average molecular weight is 376 g/mol. The standard InChI is InChI=1S/C14H9ClF3N3O4/c15-10-5-8(14(16,17)18)1-4-13(10)25-9-2-3-12(21(23)24)11(6-9)20-19-7-22/h1-7,20H,(H,19,22). The molecule has 2 aromatic rings. The zero-order valence-electron chi connectivity index (χ0n) is 12.1. The number of nitro groups is 1. The van der Waals surface area contributed by atoms with Crippen molar-refractivity contribution >= 4 is 29.4 Å². The molecule has 2 aromatic carbocycles. The highest BCUT2D eigenvalue weighted by Gasteiger charge is 2.31. The second-order valence-electron chi connectivity index (χ2n) is 4.57. The van der Waals surface area contributed by atoms with Gasteiger partial charge in [-0.15, -0.1) is 0 Å². The summed E-state index contributed by atoms with van der Waals surface area (Å²) in [5, 5.41) is 10.6. The summed E-state index contributed by atoms with van der Waals surface area (Å²) in [5.74, 6) is -0.0136. The molecule has 0 unspecified atom stereocenters. The van der Waals surface area contributed by atoms with Crippen molar-refractivity contribution in [1.29, 1.82) is 0 Å². The van der Waals surface area contributed by atoms with Crippen LogP contribution in [0.5, 0.6) is 11.5 Å². The van der Waals surface area contributed by atoms with E-state index in [0.29, 0.717) is 6.07 Å². The van der Waals surface area contributed by atoms with Crippen LogP contribution < -0.4 is 15.6 Å². The number of hydrogen-bond acceptors (Lipinski definition) is 5. The van der Waals surface area contributed by atoms with Crippen LogP contribution in [0.15, 0.2) is 36.4 Å². The molecule has 25 heavy (non-hydrogen) atoms. The predicted molar refractivity (Wildman–Crippen MR) is 82.4 cm³/mol. The number of hydrogen-bond donors (Lipinski definition) is 2. The number of nitrogens with zero attached hydrogens (tertiary/aromatic N) is 1. The lowest BCUT2D eigenvalue weighted by atomic mass is 10.2. The summed E-state index contributed by atoms with van der Waals surface area (Å²) in [4.78, 5) is 20.5. The Morgan fingerprint density at radius 3 is 2.48 bits per heavy atom. The molecule has 0 saturated heterocycles. The molecule has 0 radical (unpaired) electrons.